The summed E-state index contributed by atoms with van der Waals surface area (Å²) >= 11 is 0. The third kappa shape index (κ3) is 2.60. The van der Waals surface area contributed by atoms with Crippen molar-refractivity contribution in [3.8, 4) is 0 Å². The summed E-state index contributed by atoms with van der Waals surface area (Å²) in [5.74, 6) is 0. The molecule has 1 rings (SSSR count). The molecular formula is C13H25N. The first-order valence-electron chi connectivity index (χ1n) is 6.11. The summed E-state index contributed by atoms with van der Waals surface area (Å²) in [6.45, 7) is 6.06. The minimum Gasteiger partial charge on any atom is -0.327 e. The molecule has 1 aliphatic rings. The van der Waals surface area contributed by atoms with Crippen molar-refractivity contribution in [1.82, 2.24) is 0 Å². The molecule has 1 atom stereocenters. The van der Waals surface area contributed by atoms with Gasteiger partial charge in [-0.15, -0.1) is 6.58 Å². The van der Waals surface area contributed by atoms with Crippen LogP contribution in [0.25, 0.3) is 0 Å². The standard InChI is InChI=1S/C13H25N/c1-3-5-6-9-12(14)13(4-2)10-7-8-11-13/h3,12H,1,4-11,14H2,2H3. The van der Waals surface area contributed by atoms with Crippen molar-refractivity contribution < 1.29 is 0 Å². The van der Waals surface area contributed by atoms with E-state index in [1.54, 1.807) is 0 Å². The van der Waals surface area contributed by atoms with Crippen LogP contribution in [0.1, 0.15) is 58.3 Å². The monoisotopic (exact) mass is 195 g/mol. The van der Waals surface area contributed by atoms with Gasteiger partial charge in [-0.2, -0.15) is 0 Å². The number of hydrogen-bond acceptors (Lipinski definition) is 1. The topological polar surface area (TPSA) is 26.0 Å². The van der Waals surface area contributed by atoms with Gasteiger partial charge in [0.05, 0.1) is 0 Å². The lowest BCUT2D eigenvalue weighted by atomic mass is 9.75. The summed E-state index contributed by atoms with van der Waals surface area (Å²) in [4.78, 5) is 0. The Labute approximate surface area is 88.8 Å². The second-order valence-corrected chi connectivity index (χ2v) is 4.75. The molecule has 1 fully saturated rings. The average Bonchev–Trinajstić information content (AvgIpc) is 2.67. The minimum absolute atomic E-state index is 0.426. The highest BCUT2D eigenvalue weighted by Crippen LogP contribution is 2.44. The predicted octanol–water partition coefficient (Wildman–Crippen LogP) is 3.64. The first kappa shape index (κ1) is 11.8. The number of rotatable bonds is 6. The lowest BCUT2D eigenvalue weighted by molar-refractivity contribution is 0.209. The van der Waals surface area contributed by atoms with Crippen LogP contribution < -0.4 is 5.73 Å². The fourth-order valence-electron chi connectivity index (χ4n) is 2.85. The Bertz CT molecular complexity index is 168. The highest BCUT2D eigenvalue weighted by molar-refractivity contribution is 4.92. The maximum Gasteiger partial charge on any atom is 0.00955 e. The van der Waals surface area contributed by atoms with E-state index < -0.39 is 0 Å². The van der Waals surface area contributed by atoms with Crippen LogP contribution in [0.5, 0.6) is 0 Å². The fraction of sp³-hybridized carbons (Fsp3) is 0.846. The number of allylic oxidation sites excluding steroid dienone is 1. The smallest absolute Gasteiger partial charge is 0.00955 e. The summed E-state index contributed by atoms with van der Waals surface area (Å²) in [6.07, 6.45) is 12.3. The van der Waals surface area contributed by atoms with E-state index in [0.29, 0.717) is 11.5 Å². The van der Waals surface area contributed by atoms with E-state index in [4.69, 9.17) is 5.73 Å². The van der Waals surface area contributed by atoms with Crippen molar-refractivity contribution >= 4 is 0 Å². The van der Waals surface area contributed by atoms with E-state index in [2.05, 4.69) is 13.5 Å². The van der Waals surface area contributed by atoms with Gasteiger partial charge in [0.1, 0.15) is 0 Å². The first-order chi connectivity index (χ1) is 6.75. The van der Waals surface area contributed by atoms with Crippen LogP contribution >= 0.6 is 0 Å². The molecule has 0 aromatic carbocycles. The molecule has 1 aliphatic carbocycles. The van der Waals surface area contributed by atoms with Gasteiger partial charge in [0.15, 0.2) is 0 Å². The van der Waals surface area contributed by atoms with Gasteiger partial charge in [-0.05, 0) is 43.9 Å². The van der Waals surface area contributed by atoms with Gasteiger partial charge in [-0.3, -0.25) is 0 Å². The van der Waals surface area contributed by atoms with E-state index in [1.165, 1.54) is 44.9 Å². The Hall–Kier alpha value is -0.300. The zero-order valence-electron chi connectivity index (χ0n) is 9.60. The molecule has 14 heavy (non-hydrogen) atoms. The van der Waals surface area contributed by atoms with E-state index in [1.807, 2.05) is 6.08 Å². The molecule has 1 nitrogen and oxygen atoms in total. The molecule has 1 unspecified atom stereocenters. The van der Waals surface area contributed by atoms with E-state index in [-0.39, 0.29) is 0 Å². The molecule has 0 aromatic rings. The number of unbranched alkanes of at least 4 members (excludes halogenated alkanes) is 1. The fourth-order valence-corrected chi connectivity index (χ4v) is 2.85. The van der Waals surface area contributed by atoms with Crippen molar-refractivity contribution in [3.05, 3.63) is 12.7 Å². The van der Waals surface area contributed by atoms with Crippen molar-refractivity contribution in [2.75, 3.05) is 0 Å². The van der Waals surface area contributed by atoms with Crippen molar-refractivity contribution in [3.63, 3.8) is 0 Å². The maximum atomic E-state index is 6.33. The Balaban J connectivity index is 2.39. The van der Waals surface area contributed by atoms with Crippen LogP contribution in [0, 0.1) is 5.41 Å². The number of nitrogens with two attached hydrogens (primary N) is 1. The Morgan fingerprint density at radius 3 is 2.57 bits per heavy atom. The van der Waals surface area contributed by atoms with Crippen LogP contribution in [0.2, 0.25) is 0 Å². The van der Waals surface area contributed by atoms with Gasteiger partial charge in [0.25, 0.3) is 0 Å². The van der Waals surface area contributed by atoms with Crippen LogP contribution in [0.3, 0.4) is 0 Å². The molecular weight excluding hydrogens is 170 g/mol. The Kier molecular flexibility index (Phi) is 4.67. The van der Waals surface area contributed by atoms with Gasteiger partial charge in [-0.25, -0.2) is 0 Å². The molecule has 1 heteroatoms. The molecule has 0 bridgehead atoms. The van der Waals surface area contributed by atoms with Gasteiger partial charge in [-0.1, -0.05) is 25.8 Å². The molecule has 2 N–H and O–H groups in total. The van der Waals surface area contributed by atoms with Crippen LogP contribution in [-0.4, -0.2) is 6.04 Å². The highest BCUT2D eigenvalue weighted by atomic mass is 14.7. The van der Waals surface area contributed by atoms with E-state index >= 15 is 0 Å². The SMILES string of the molecule is C=CCCCC(N)C1(CC)CCCC1. The van der Waals surface area contributed by atoms with Gasteiger partial charge in [0, 0.05) is 6.04 Å². The van der Waals surface area contributed by atoms with Crippen LogP contribution in [-0.2, 0) is 0 Å². The normalized spacial score (nSPS) is 22.1. The zero-order valence-corrected chi connectivity index (χ0v) is 9.60. The Morgan fingerprint density at radius 1 is 1.43 bits per heavy atom. The second-order valence-electron chi connectivity index (χ2n) is 4.75. The Morgan fingerprint density at radius 2 is 2.07 bits per heavy atom. The summed E-state index contributed by atoms with van der Waals surface area (Å²) in [5.41, 5.74) is 6.82. The van der Waals surface area contributed by atoms with Gasteiger partial charge >= 0.3 is 0 Å². The molecule has 82 valence electrons. The molecule has 1 saturated carbocycles. The first-order valence-corrected chi connectivity index (χ1v) is 6.11. The molecule has 0 saturated heterocycles. The molecule has 0 radical (unpaired) electrons. The predicted molar refractivity (Wildman–Crippen MR) is 63.2 cm³/mol. The lowest BCUT2D eigenvalue weighted by Gasteiger charge is -2.34. The summed E-state index contributed by atoms with van der Waals surface area (Å²) in [5, 5.41) is 0. The van der Waals surface area contributed by atoms with Crippen LogP contribution in [0.15, 0.2) is 12.7 Å². The van der Waals surface area contributed by atoms with E-state index in [0.717, 1.165) is 6.42 Å². The quantitative estimate of drug-likeness (QED) is 0.508. The summed E-state index contributed by atoms with van der Waals surface area (Å²) < 4.78 is 0. The molecule has 0 aromatic heterocycles. The van der Waals surface area contributed by atoms with Crippen LogP contribution in [0.4, 0.5) is 0 Å². The van der Waals surface area contributed by atoms with E-state index in [9.17, 15) is 0 Å². The molecule has 0 amide bonds. The average molecular weight is 195 g/mol. The number of hydrogen-bond donors (Lipinski definition) is 1. The van der Waals surface area contributed by atoms with Crippen molar-refractivity contribution in [1.29, 1.82) is 0 Å². The van der Waals surface area contributed by atoms with Gasteiger partial charge < -0.3 is 5.73 Å². The second kappa shape index (κ2) is 5.55. The highest BCUT2D eigenvalue weighted by Gasteiger charge is 2.36. The van der Waals surface area contributed by atoms with Crippen molar-refractivity contribution in [2.24, 2.45) is 11.1 Å². The molecule has 0 aliphatic heterocycles. The summed E-state index contributed by atoms with van der Waals surface area (Å²) in [7, 11) is 0. The third-order valence-electron chi connectivity index (χ3n) is 4.01. The van der Waals surface area contributed by atoms with Gasteiger partial charge in [0.2, 0.25) is 0 Å². The third-order valence-corrected chi connectivity index (χ3v) is 4.01. The minimum atomic E-state index is 0.426. The molecule has 0 heterocycles. The zero-order chi connectivity index (χ0) is 10.4. The lowest BCUT2D eigenvalue weighted by Crippen LogP contribution is -2.39. The molecule has 0 spiro atoms. The largest absolute Gasteiger partial charge is 0.327 e. The maximum absolute atomic E-state index is 6.33. The summed E-state index contributed by atoms with van der Waals surface area (Å²) in [6, 6.07) is 0.426. The van der Waals surface area contributed by atoms with Crippen molar-refractivity contribution in [2.45, 2.75) is 64.3 Å².